The van der Waals surface area contributed by atoms with Crippen molar-refractivity contribution in [2.45, 2.75) is 0 Å². The number of para-hydroxylation sites is 2. The maximum Gasteiger partial charge on any atom is 0.0723 e. The van der Waals surface area contributed by atoms with Crippen molar-refractivity contribution in [3.05, 3.63) is 170 Å². The van der Waals surface area contributed by atoms with Crippen LogP contribution in [0, 0.1) is 0 Å². The summed E-state index contributed by atoms with van der Waals surface area (Å²) >= 11 is 1.87. The monoisotopic (exact) mass is 652 g/mol. The molecule has 0 aliphatic rings. The van der Waals surface area contributed by atoms with Gasteiger partial charge in [0.25, 0.3) is 0 Å². The van der Waals surface area contributed by atoms with Crippen LogP contribution in [0.1, 0.15) is 0 Å². The molecule has 0 spiro atoms. The highest BCUT2D eigenvalue weighted by atomic mass is 32.1. The Hall–Kier alpha value is -6.29. The zero-order chi connectivity index (χ0) is 32.8. The maximum atomic E-state index is 5.32. The van der Waals surface area contributed by atoms with Gasteiger partial charge in [-0.25, -0.2) is 4.98 Å². The average molecular weight is 653 g/mol. The zero-order valence-electron chi connectivity index (χ0n) is 27.0. The van der Waals surface area contributed by atoms with E-state index >= 15 is 0 Å². The number of rotatable bonds is 4. The fourth-order valence-electron chi connectivity index (χ4n) is 8.06. The van der Waals surface area contributed by atoms with Gasteiger partial charge in [-0.3, -0.25) is 0 Å². The van der Waals surface area contributed by atoms with Crippen molar-refractivity contribution in [2.75, 3.05) is 0 Å². The average Bonchev–Trinajstić information content (AvgIpc) is 3.85. The van der Waals surface area contributed by atoms with E-state index in [1.54, 1.807) is 0 Å². The van der Waals surface area contributed by atoms with Crippen molar-refractivity contribution in [3.63, 3.8) is 0 Å². The van der Waals surface area contributed by atoms with E-state index in [0.717, 1.165) is 17.0 Å². The van der Waals surface area contributed by atoms with Gasteiger partial charge >= 0.3 is 0 Å². The molecule has 0 fully saturated rings. The predicted molar refractivity (Wildman–Crippen MR) is 214 cm³/mol. The van der Waals surface area contributed by atoms with Crippen LogP contribution in [0.15, 0.2) is 170 Å². The van der Waals surface area contributed by atoms with Crippen LogP contribution in [0.25, 0.3) is 103 Å². The van der Waals surface area contributed by atoms with E-state index in [9.17, 15) is 0 Å². The van der Waals surface area contributed by atoms with Gasteiger partial charge in [-0.15, -0.1) is 11.3 Å². The van der Waals surface area contributed by atoms with Gasteiger partial charge in [-0.05, 0) is 46.5 Å². The Morgan fingerprint density at radius 2 is 0.920 bits per heavy atom. The molecule has 0 amide bonds. The van der Waals surface area contributed by atoms with Crippen LogP contribution in [0.4, 0.5) is 0 Å². The van der Waals surface area contributed by atoms with E-state index in [0.29, 0.717) is 0 Å². The van der Waals surface area contributed by atoms with Gasteiger partial charge in [0.2, 0.25) is 0 Å². The molecule has 3 heteroatoms. The van der Waals surface area contributed by atoms with E-state index in [-0.39, 0.29) is 0 Å². The SMILES string of the molecule is c1ccc(-c2ccc(-c3cccc4c3sc3c(-c5cccc(-c6ccc7c8cccc9c%10ccccc%10n(c7c6)c98)n5)cccc34)cc2)cc1. The molecule has 7 aromatic carbocycles. The molecule has 50 heavy (non-hydrogen) atoms. The number of hydrogen-bond acceptors (Lipinski definition) is 2. The third-order valence-electron chi connectivity index (χ3n) is 10.4. The second-order valence-electron chi connectivity index (χ2n) is 13.1. The van der Waals surface area contributed by atoms with Gasteiger partial charge in [0.1, 0.15) is 0 Å². The molecule has 0 aliphatic carbocycles. The first-order valence-corrected chi connectivity index (χ1v) is 17.9. The molecular weight excluding hydrogens is 625 g/mol. The summed E-state index contributed by atoms with van der Waals surface area (Å²) < 4.78 is 5.01. The van der Waals surface area contributed by atoms with Gasteiger partial charge < -0.3 is 4.40 Å². The number of thiophene rings is 1. The van der Waals surface area contributed by atoms with E-state index in [1.165, 1.54) is 86.1 Å². The van der Waals surface area contributed by atoms with Crippen LogP contribution < -0.4 is 0 Å². The third kappa shape index (κ3) is 3.98. The summed E-state index contributed by atoms with van der Waals surface area (Å²) in [5.41, 5.74) is 13.0. The Bertz CT molecular complexity index is 3080. The van der Waals surface area contributed by atoms with E-state index in [1.807, 2.05) is 11.3 Å². The Morgan fingerprint density at radius 3 is 1.74 bits per heavy atom. The Morgan fingerprint density at radius 1 is 0.360 bits per heavy atom. The minimum atomic E-state index is 0.978. The lowest BCUT2D eigenvalue weighted by Crippen LogP contribution is -1.89. The molecular formula is C47H28N2S. The first-order valence-electron chi connectivity index (χ1n) is 17.0. The number of fused-ring (bicyclic) bond motifs is 9. The number of nitrogens with zero attached hydrogens (tertiary/aromatic N) is 2. The summed E-state index contributed by atoms with van der Waals surface area (Å²) in [5.74, 6) is 0. The molecule has 11 rings (SSSR count). The Labute approximate surface area is 292 Å². The maximum absolute atomic E-state index is 5.32. The van der Waals surface area contributed by atoms with Crippen LogP contribution in [-0.4, -0.2) is 9.38 Å². The topological polar surface area (TPSA) is 17.3 Å². The van der Waals surface area contributed by atoms with Crippen LogP contribution in [-0.2, 0) is 0 Å². The number of aromatic nitrogens is 2. The summed E-state index contributed by atoms with van der Waals surface area (Å²) in [5, 5.41) is 7.73. The van der Waals surface area contributed by atoms with Crippen molar-refractivity contribution in [1.29, 1.82) is 0 Å². The molecule has 4 heterocycles. The van der Waals surface area contributed by atoms with E-state index < -0.39 is 0 Å². The Kier molecular flexibility index (Phi) is 5.86. The van der Waals surface area contributed by atoms with E-state index in [4.69, 9.17) is 4.98 Å². The van der Waals surface area contributed by atoms with Crippen LogP contribution in [0.2, 0.25) is 0 Å². The van der Waals surface area contributed by atoms with E-state index in [2.05, 4.69) is 174 Å². The molecule has 0 radical (unpaired) electrons. The van der Waals surface area contributed by atoms with Gasteiger partial charge in [0, 0.05) is 52.8 Å². The fraction of sp³-hybridized carbons (Fsp3) is 0. The molecule has 11 aromatic rings. The minimum absolute atomic E-state index is 0.978. The third-order valence-corrected chi connectivity index (χ3v) is 11.7. The molecule has 0 atom stereocenters. The molecule has 0 N–H and O–H groups in total. The summed E-state index contributed by atoms with van der Waals surface area (Å²) in [6.07, 6.45) is 0. The van der Waals surface area contributed by atoms with Crippen molar-refractivity contribution in [3.8, 4) is 44.8 Å². The van der Waals surface area contributed by atoms with Crippen molar-refractivity contribution < 1.29 is 0 Å². The molecule has 4 aromatic heterocycles. The van der Waals surface area contributed by atoms with Crippen molar-refractivity contribution in [2.24, 2.45) is 0 Å². The van der Waals surface area contributed by atoms with Crippen molar-refractivity contribution >= 4 is 69.6 Å². The summed E-state index contributed by atoms with van der Waals surface area (Å²) in [6.45, 7) is 0. The highest BCUT2D eigenvalue weighted by Crippen LogP contribution is 2.44. The molecule has 0 saturated carbocycles. The fourth-order valence-corrected chi connectivity index (χ4v) is 9.42. The zero-order valence-corrected chi connectivity index (χ0v) is 27.8. The number of benzene rings is 7. The lowest BCUT2D eigenvalue weighted by Gasteiger charge is -2.07. The van der Waals surface area contributed by atoms with Crippen LogP contribution >= 0.6 is 11.3 Å². The normalized spacial score (nSPS) is 12.0. The van der Waals surface area contributed by atoms with Gasteiger partial charge in [0.05, 0.1) is 27.9 Å². The van der Waals surface area contributed by atoms with Crippen molar-refractivity contribution in [1.82, 2.24) is 9.38 Å². The summed E-state index contributed by atoms with van der Waals surface area (Å²) in [4.78, 5) is 5.32. The second-order valence-corrected chi connectivity index (χ2v) is 14.1. The molecule has 0 unspecified atom stereocenters. The lowest BCUT2D eigenvalue weighted by molar-refractivity contribution is 1.32. The molecule has 2 nitrogen and oxygen atoms in total. The standard InChI is InChI=1S/C47H28N2S/c1-2-10-29(11-3-1)30-22-24-31(25-23-30)33-13-6-16-38-39-17-8-18-40(47(39)50-46(33)38)42-20-9-19-41(48-42)32-26-27-35-37-15-7-14-36-34-12-4-5-21-43(34)49(45(36)37)44(35)28-32/h1-28H. The molecule has 0 aliphatic heterocycles. The summed E-state index contributed by atoms with van der Waals surface area (Å²) in [6, 6.07) is 61.6. The lowest BCUT2D eigenvalue weighted by atomic mass is 9.98. The first kappa shape index (κ1) is 27.6. The van der Waals surface area contributed by atoms with Crippen LogP contribution in [0.5, 0.6) is 0 Å². The molecule has 232 valence electrons. The van der Waals surface area contributed by atoms with Crippen LogP contribution in [0.3, 0.4) is 0 Å². The molecule has 0 saturated heterocycles. The van der Waals surface area contributed by atoms with Gasteiger partial charge in [-0.2, -0.15) is 0 Å². The molecule has 0 bridgehead atoms. The Balaban J connectivity index is 1.04. The number of hydrogen-bond donors (Lipinski definition) is 0. The summed E-state index contributed by atoms with van der Waals surface area (Å²) in [7, 11) is 0. The smallest absolute Gasteiger partial charge is 0.0723 e. The van der Waals surface area contributed by atoms with Gasteiger partial charge in [0.15, 0.2) is 0 Å². The predicted octanol–water partition coefficient (Wildman–Crippen LogP) is 13.3. The first-order chi connectivity index (χ1) is 24.8. The largest absolute Gasteiger partial charge is 0.308 e. The number of pyridine rings is 1. The van der Waals surface area contributed by atoms with Gasteiger partial charge in [-0.1, -0.05) is 146 Å². The highest BCUT2D eigenvalue weighted by Gasteiger charge is 2.18. The second kappa shape index (κ2) is 10.6. The quantitative estimate of drug-likeness (QED) is 0.185. The minimum Gasteiger partial charge on any atom is -0.308 e. The highest BCUT2D eigenvalue weighted by molar-refractivity contribution is 7.26.